The number of rotatable bonds is 6. The molecule has 2 aromatic rings. The average Bonchev–Trinajstić information content (AvgIpc) is 2.50. The highest BCUT2D eigenvalue weighted by Crippen LogP contribution is 2.25. The Morgan fingerprint density at radius 3 is 2.62 bits per heavy atom. The van der Waals surface area contributed by atoms with Gasteiger partial charge in [-0.25, -0.2) is 0 Å². The molecule has 0 aliphatic carbocycles. The Hall–Kier alpha value is -1.85. The van der Waals surface area contributed by atoms with Gasteiger partial charge in [0.25, 0.3) is 0 Å². The first-order valence-corrected chi connectivity index (χ1v) is 7.35. The van der Waals surface area contributed by atoms with Crippen molar-refractivity contribution in [1.29, 1.82) is 0 Å². The lowest BCUT2D eigenvalue weighted by atomic mass is 10.2. The summed E-state index contributed by atoms with van der Waals surface area (Å²) in [6.07, 6.45) is 0. The SMILES string of the molecule is COCc1c(Br)cccc1NC(=O)CNc1ccccc1. The van der Waals surface area contributed by atoms with E-state index < -0.39 is 0 Å². The number of methoxy groups -OCH3 is 1. The summed E-state index contributed by atoms with van der Waals surface area (Å²) in [6.45, 7) is 0.645. The molecule has 2 rings (SSSR count). The first-order chi connectivity index (χ1) is 10.2. The van der Waals surface area contributed by atoms with Gasteiger partial charge in [0.15, 0.2) is 0 Å². The van der Waals surface area contributed by atoms with Gasteiger partial charge in [-0.3, -0.25) is 4.79 Å². The van der Waals surface area contributed by atoms with Crippen LogP contribution in [0.2, 0.25) is 0 Å². The molecule has 2 N–H and O–H groups in total. The van der Waals surface area contributed by atoms with Gasteiger partial charge in [0.1, 0.15) is 0 Å². The molecule has 0 atom stereocenters. The largest absolute Gasteiger partial charge is 0.380 e. The molecule has 0 spiro atoms. The second-order valence-corrected chi connectivity index (χ2v) is 5.32. The van der Waals surface area contributed by atoms with Crippen LogP contribution in [0.25, 0.3) is 0 Å². The van der Waals surface area contributed by atoms with Gasteiger partial charge in [-0.2, -0.15) is 0 Å². The number of anilines is 2. The summed E-state index contributed by atoms with van der Waals surface area (Å²) in [4.78, 5) is 12.0. The van der Waals surface area contributed by atoms with Crippen molar-refractivity contribution < 1.29 is 9.53 Å². The van der Waals surface area contributed by atoms with E-state index in [0.29, 0.717) is 6.61 Å². The van der Waals surface area contributed by atoms with Crippen molar-refractivity contribution in [3.8, 4) is 0 Å². The Morgan fingerprint density at radius 1 is 1.14 bits per heavy atom. The zero-order valence-electron chi connectivity index (χ0n) is 11.7. The van der Waals surface area contributed by atoms with Crippen molar-refractivity contribution in [2.45, 2.75) is 6.61 Å². The van der Waals surface area contributed by atoms with Gasteiger partial charge in [-0.15, -0.1) is 0 Å². The molecule has 0 bridgehead atoms. The zero-order chi connectivity index (χ0) is 15.1. The van der Waals surface area contributed by atoms with E-state index in [0.717, 1.165) is 21.4 Å². The molecule has 110 valence electrons. The van der Waals surface area contributed by atoms with E-state index in [-0.39, 0.29) is 12.5 Å². The number of halogens is 1. The van der Waals surface area contributed by atoms with Crippen LogP contribution in [-0.2, 0) is 16.1 Å². The topological polar surface area (TPSA) is 50.4 Å². The molecule has 5 heteroatoms. The molecule has 4 nitrogen and oxygen atoms in total. The Kier molecular flexibility index (Phi) is 5.78. The third kappa shape index (κ3) is 4.58. The predicted octanol–water partition coefficient (Wildman–Crippen LogP) is 3.65. The average molecular weight is 349 g/mol. The normalized spacial score (nSPS) is 10.2. The van der Waals surface area contributed by atoms with Crippen LogP contribution < -0.4 is 10.6 Å². The first-order valence-electron chi connectivity index (χ1n) is 6.56. The molecule has 0 fully saturated rings. The molecule has 0 aliphatic rings. The number of carbonyl (C=O) groups is 1. The van der Waals surface area contributed by atoms with Crippen LogP contribution in [0.3, 0.4) is 0 Å². The first kappa shape index (κ1) is 15.5. The molecular formula is C16H17BrN2O2. The lowest BCUT2D eigenvalue weighted by molar-refractivity contribution is -0.114. The van der Waals surface area contributed by atoms with Crippen molar-refractivity contribution in [2.24, 2.45) is 0 Å². The quantitative estimate of drug-likeness (QED) is 0.837. The second-order valence-electron chi connectivity index (χ2n) is 4.47. The standard InChI is InChI=1S/C16H17BrN2O2/c1-21-11-13-14(17)8-5-9-15(13)19-16(20)10-18-12-6-3-2-4-7-12/h2-9,18H,10-11H2,1H3,(H,19,20). The number of carbonyl (C=O) groups excluding carboxylic acids is 1. The van der Waals surface area contributed by atoms with Crippen LogP contribution in [0.15, 0.2) is 53.0 Å². The van der Waals surface area contributed by atoms with Gasteiger partial charge in [-0.1, -0.05) is 40.2 Å². The molecule has 0 saturated heterocycles. The highest BCUT2D eigenvalue weighted by atomic mass is 79.9. The maximum atomic E-state index is 12.0. The van der Waals surface area contributed by atoms with Crippen molar-refractivity contribution >= 4 is 33.2 Å². The number of hydrogen-bond donors (Lipinski definition) is 2. The summed E-state index contributed by atoms with van der Waals surface area (Å²) < 4.78 is 6.08. The van der Waals surface area contributed by atoms with Gasteiger partial charge in [-0.05, 0) is 24.3 Å². The van der Waals surface area contributed by atoms with Crippen LogP contribution in [-0.4, -0.2) is 19.6 Å². The van der Waals surface area contributed by atoms with Crippen molar-refractivity contribution in [2.75, 3.05) is 24.3 Å². The van der Waals surface area contributed by atoms with Gasteiger partial charge in [0.05, 0.1) is 13.2 Å². The summed E-state index contributed by atoms with van der Waals surface area (Å²) in [5, 5.41) is 5.97. The molecule has 0 aromatic heterocycles. The summed E-state index contributed by atoms with van der Waals surface area (Å²) in [6, 6.07) is 15.3. The lowest BCUT2D eigenvalue weighted by Crippen LogP contribution is -2.22. The number of amides is 1. The molecule has 0 unspecified atom stereocenters. The van der Waals surface area contributed by atoms with Gasteiger partial charge >= 0.3 is 0 Å². The summed E-state index contributed by atoms with van der Waals surface area (Å²) in [5.74, 6) is -0.102. The van der Waals surface area contributed by atoms with E-state index in [2.05, 4.69) is 26.6 Å². The highest BCUT2D eigenvalue weighted by molar-refractivity contribution is 9.10. The molecule has 21 heavy (non-hydrogen) atoms. The molecular weight excluding hydrogens is 332 g/mol. The van der Waals surface area contributed by atoms with E-state index in [4.69, 9.17) is 4.74 Å². The van der Waals surface area contributed by atoms with Crippen molar-refractivity contribution in [3.05, 3.63) is 58.6 Å². The molecule has 0 saturated carbocycles. The fourth-order valence-electron chi connectivity index (χ4n) is 1.90. The molecule has 0 radical (unpaired) electrons. The summed E-state index contributed by atoms with van der Waals surface area (Å²) in [5.41, 5.74) is 2.60. The Balaban J connectivity index is 1.98. The van der Waals surface area contributed by atoms with Crippen LogP contribution in [0.5, 0.6) is 0 Å². The van der Waals surface area contributed by atoms with E-state index in [9.17, 15) is 4.79 Å². The zero-order valence-corrected chi connectivity index (χ0v) is 13.3. The Labute approximate surface area is 132 Å². The van der Waals surface area contributed by atoms with E-state index in [1.54, 1.807) is 7.11 Å². The molecule has 0 heterocycles. The molecule has 0 aliphatic heterocycles. The Bertz CT molecular complexity index is 602. The lowest BCUT2D eigenvalue weighted by Gasteiger charge is -2.13. The number of nitrogens with one attached hydrogen (secondary N) is 2. The van der Waals surface area contributed by atoms with Crippen molar-refractivity contribution in [3.63, 3.8) is 0 Å². The van der Waals surface area contributed by atoms with Gasteiger partial charge < -0.3 is 15.4 Å². The third-order valence-electron chi connectivity index (χ3n) is 2.91. The maximum absolute atomic E-state index is 12.0. The fraction of sp³-hybridized carbons (Fsp3) is 0.188. The fourth-order valence-corrected chi connectivity index (χ4v) is 2.38. The van der Waals surface area contributed by atoms with Crippen LogP contribution >= 0.6 is 15.9 Å². The second kappa shape index (κ2) is 7.81. The Morgan fingerprint density at radius 2 is 1.90 bits per heavy atom. The number of para-hydroxylation sites is 1. The van der Waals surface area contributed by atoms with E-state index in [1.165, 1.54) is 0 Å². The summed E-state index contributed by atoms with van der Waals surface area (Å²) in [7, 11) is 1.63. The number of hydrogen-bond acceptors (Lipinski definition) is 3. The monoisotopic (exact) mass is 348 g/mol. The van der Waals surface area contributed by atoms with Gasteiger partial charge in [0, 0.05) is 28.5 Å². The van der Waals surface area contributed by atoms with Gasteiger partial charge in [0.2, 0.25) is 5.91 Å². The minimum absolute atomic E-state index is 0.102. The van der Waals surface area contributed by atoms with E-state index in [1.807, 2.05) is 48.5 Å². The molecule has 1 amide bonds. The predicted molar refractivity (Wildman–Crippen MR) is 88.4 cm³/mol. The van der Waals surface area contributed by atoms with Crippen LogP contribution in [0, 0.1) is 0 Å². The van der Waals surface area contributed by atoms with Crippen LogP contribution in [0.4, 0.5) is 11.4 Å². The van der Waals surface area contributed by atoms with Crippen LogP contribution in [0.1, 0.15) is 5.56 Å². The number of ether oxygens (including phenoxy) is 1. The highest BCUT2D eigenvalue weighted by Gasteiger charge is 2.09. The maximum Gasteiger partial charge on any atom is 0.243 e. The minimum Gasteiger partial charge on any atom is -0.380 e. The van der Waals surface area contributed by atoms with Crippen molar-refractivity contribution in [1.82, 2.24) is 0 Å². The third-order valence-corrected chi connectivity index (χ3v) is 3.65. The number of benzene rings is 2. The smallest absolute Gasteiger partial charge is 0.243 e. The molecule has 2 aromatic carbocycles. The van der Waals surface area contributed by atoms with E-state index >= 15 is 0 Å². The minimum atomic E-state index is -0.102. The summed E-state index contributed by atoms with van der Waals surface area (Å²) >= 11 is 3.47.